The molecule has 0 aliphatic carbocycles. The second-order valence-corrected chi connectivity index (χ2v) is 5.20. The van der Waals surface area contributed by atoms with E-state index in [1.54, 1.807) is 0 Å². The van der Waals surface area contributed by atoms with Crippen molar-refractivity contribution in [3.05, 3.63) is 23.8 Å². The number of nitrogen functional groups attached to an aromatic ring is 1. The van der Waals surface area contributed by atoms with Gasteiger partial charge in [-0.2, -0.15) is 5.26 Å². The smallest absolute Gasteiger partial charge is 0.101 e. The fourth-order valence-electron chi connectivity index (χ4n) is 3.21. The van der Waals surface area contributed by atoms with Gasteiger partial charge in [0.1, 0.15) is 6.07 Å². The number of hydrogen-bond donors (Lipinski definition) is 2. The summed E-state index contributed by atoms with van der Waals surface area (Å²) < 4.78 is 0. The predicted molar refractivity (Wildman–Crippen MR) is 72.2 cm³/mol. The number of fused-ring (bicyclic) bond motifs is 1. The molecule has 2 atom stereocenters. The van der Waals surface area contributed by atoms with E-state index in [4.69, 9.17) is 11.0 Å². The maximum Gasteiger partial charge on any atom is 0.101 e. The SMILES string of the molecule is N#Cc1cc(NC2CCN3CCCC23)ccc1N. The minimum Gasteiger partial charge on any atom is -0.398 e. The largest absolute Gasteiger partial charge is 0.398 e. The molecule has 3 rings (SSSR count). The summed E-state index contributed by atoms with van der Waals surface area (Å²) in [6.07, 6.45) is 3.79. The Balaban J connectivity index is 1.75. The molecule has 0 amide bonds. The van der Waals surface area contributed by atoms with Crippen LogP contribution in [0, 0.1) is 11.3 Å². The van der Waals surface area contributed by atoms with Crippen LogP contribution in [-0.2, 0) is 0 Å². The third-order valence-corrected chi connectivity index (χ3v) is 4.13. The molecule has 2 aliphatic rings. The molecule has 3 N–H and O–H groups in total. The van der Waals surface area contributed by atoms with Gasteiger partial charge in [0.15, 0.2) is 0 Å². The number of nitrogens with one attached hydrogen (secondary N) is 1. The molecule has 4 nitrogen and oxygen atoms in total. The standard InChI is InChI=1S/C14H18N4/c15-9-10-8-11(3-4-12(10)16)17-13-5-7-18-6-1-2-14(13)18/h3-4,8,13-14,17H,1-2,5-7,16H2. The van der Waals surface area contributed by atoms with Gasteiger partial charge in [0.25, 0.3) is 0 Å². The summed E-state index contributed by atoms with van der Waals surface area (Å²) in [7, 11) is 0. The molecule has 0 aromatic heterocycles. The quantitative estimate of drug-likeness (QED) is 0.776. The summed E-state index contributed by atoms with van der Waals surface area (Å²) >= 11 is 0. The molecule has 0 bridgehead atoms. The average Bonchev–Trinajstić information content (AvgIpc) is 2.96. The summed E-state index contributed by atoms with van der Waals surface area (Å²) in [5, 5.41) is 12.6. The molecule has 4 heteroatoms. The lowest BCUT2D eigenvalue weighted by molar-refractivity contribution is 0.318. The van der Waals surface area contributed by atoms with Crippen molar-refractivity contribution in [1.82, 2.24) is 4.90 Å². The number of anilines is 2. The van der Waals surface area contributed by atoms with Crippen molar-refractivity contribution in [2.75, 3.05) is 24.1 Å². The highest BCUT2D eigenvalue weighted by molar-refractivity contribution is 5.62. The van der Waals surface area contributed by atoms with Gasteiger partial charge in [0.2, 0.25) is 0 Å². The monoisotopic (exact) mass is 242 g/mol. The molecule has 0 saturated carbocycles. The third-order valence-electron chi connectivity index (χ3n) is 4.13. The van der Waals surface area contributed by atoms with Crippen LogP contribution >= 0.6 is 0 Å². The lowest BCUT2D eigenvalue weighted by Gasteiger charge is -2.22. The van der Waals surface area contributed by atoms with Gasteiger partial charge in [-0.05, 0) is 44.0 Å². The van der Waals surface area contributed by atoms with Crippen molar-refractivity contribution >= 4 is 11.4 Å². The van der Waals surface area contributed by atoms with Gasteiger partial charge in [0, 0.05) is 30.0 Å². The Hall–Kier alpha value is -1.73. The van der Waals surface area contributed by atoms with Crippen LogP contribution in [0.5, 0.6) is 0 Å². The van der Waals surface area contributed by atoms with Crippen LogP contribution in [0.4, 0.5) is 11.4 Å². The first kappa shape index (κ1) is 11.4. The van der Waals surface area contributed by atoms with E-state index in [0.717, 1.165) is 5.69 Å². The van der Waals surface area contributed by atoms with E-state index in [1.807, 2.05) is 18.2 Å². The molecule has 0 spiro atoms. The summed E-state index contributed by atoms with van der Waals surface area (Å²) in [5.41, 5.74) is 7.86. The average molecular weight is 242 g/mol. The van der Waals surface area contributed by atoms with E-state index in [-0.39, 0.29) is 0 Å². The van der Waals surface area contributed by atoms with Gasteiger partial charge in [-0.15, -0.1) is 0 Å². The highest BCUT2D eigenvalue weighted by Gasteiger charge is 2.36. The van der Waals surface area contributed by atoms with E-state index in [2.05, 4.69) is 16.3 Å². The molecule has 94 valence electrons. The third kappa shape index (κ3) is 1.91. The molecule has 18 heavy (non-hydrogen) atoms. The van der Waals surface area contributed by atoms with E-state index < -0.39 is 0 Å². The Morgan fingerprint density at radius 1 is 1.33 bits per heavy atom. The van der Waals surface area contributed by atoms with Crippen molar-refractivity contribution in [1.29, 1.82) is 5.26 Å². The first-order valence-electron chi connectivity index (χ1n) is 6.58. The molecule has 2 unspecified atom stereocenters. The van der Waals surface area contributed by atoms with Gasteiger partial charge >= 0.3 is 0 Å². The van der Waals surface area contributed by atoms with Crippen LogP contribution in [0.3, 0.4) is 0 Å². The number of hydrogen-bond acceptors (Lipinski definition) is 4. The lowest BCUT2D eigenvalue weighted by atomic mass is 10.1. The number of rotatable bonds is 2. The van der Waals surface area contributed by atoms with E-state index in [0.29, 0.717) is 23.3 Å². The Bertz CT molecular complexity index is 491. The van der Waals surface area contributed by atoms with Gasteiger partial charge in [-0.3, -0.25) is 4.90 Å². The Kier molecular flexibility index (Phi) is 2.85. The van der Waals surface area contributed by atoms with Gasteiger partial charge in [0.05, 0.1) is 5.56 Å². The Morgan fingerprint density at radius 2 is 2.22 bits per heavy atom. The molecule has 1 aromatic carbocycles. The lowest BCUT2D eigenvalue weighted by Crippen LogP contribution is -2.33. The zero-order valence-corrected chi connectivity index (χ0v) is 10.4. The second kappa shape index (κ2) is 4.51. The van der Waals surface area contributed by atoms with E-state index in [1.165, 1.54) is 32.4 Å². The number of nitrogens with zero attached hydrogens (tertiary/aromatic N) is 2. The predicted octanol–water partition coefficient (Wildman–Crippen LogP) is 1.79. The normalized spacial score (nSPS) is 26.8. The summed E-state index contributed by atoms with van der Waals surface area (Å²) in [5.74, 6) is 0. The van der Waals surface area contributed by atoms with Gasteiger partial charge < -0.3 is 11.1 Å². The van der Waals surface area contributed by atoms with Crippen molar-refractivity contribution < 1.29 is 0 Å². The molecular formula is C14H18N4. The minimum absolute atomic E-state index is 0.516. The highest BCUT2D eigenvalue weighted by Crippen LogP contribution is 2.30. The topological polar surface area (TPSA) is 65.1 Å². The zero-order valence-electron chi connectivity index (χ0n) is 10.4. The van der Waals surface area contributed by atoms with Crippen molar-refractivity contribution in [2.45, 2.75) is 31.3 Å². The molecule has 2 heterocycles. The van der Waals surface area contributed by atoms with Gasteiger partial charge in [-0.25, -0.2) is 0 Å². The molecular weight excluding hydrogens is 224 g/mol. The molecule has 1 aromatic rings. The molecule has 0 radical (unpaired) electrons. The summed E-state index contributed by atoms with van der Waals surface area (Å²) in [4.78, 5) is 2.57. The maximum absolute atomic E-state index is 8.99. The second-order valence-electron chi connectivity index (χ2n) is 5.20. The van der Waals surface area contributed by atoms with Gasteiger partial charge in [-0.1, -0.05) is 0 Å². The first-order chi connectivity index (χ1) is 8.78. The van der Waals surface area contributed by atoms with Crippen LogP contribution in [-0.4, -0.2) is 30.1 Å². The molecule has 2 saturated heterocycles. The minimum atomic E-state index is 0.516. The van der Waals surface area contributed by atoms with Crippen LogP contribution in [0.25, 0.3) is 0 Å². The van der Waals surface area contributed by atoms with Crippen LogP contribution < -0.4 is 11.1 Å². The maximum atomic E-state index is 8.99. The van der Waals surface area contributed by atoms with Crippen LogP contribution in [0.15, 0.2) is 18.2 Å². The number of benzene rings is 1. The Morgan fingerprint density at radius 3 is 3.06 bits per heavy atom. The molecule has 2 aliphatic heterocycles. The van der Waals surface area contributed by atoms with Crippen LogP contribution in [0.1, 0.15) is 24.8 Å². The zero-order chi connectivity index (χ0) is 12.5. The number of nitrogens with two attached hydrogens (primary N) is 1. The van der Waals surface area contributed by atoms with Crippen molar-refractivity contribution in [3.63, 3.8) is 0 Å². The first-order valence-corrected chi connectivity index (χ1v) is 6.58. The molecule has 2 fully saturated rings. The number of nitriles is 1. The van der Waals surface area contributed by atoms with E-state index >= 15 is 0 Å². The summed E-state index contributed by atoms with van der Waals surface area (Å²) in [6, 6.07) is 8.95. The Labute approximate surface area is 107 Å². The fourth-order valence-corrected chi connectivity index (χ4v) is 3.21. The summed E-state index contributed by atoms with van der Waals surface area (Å²) in [6.45, 7) is 2.44. The van der Waals surface area contributed by atoms with Crippen LogP contribution in [0.2, 0.25) is 0 Å². The van der Waals surface area contributed by atoms with E-state index in [9.17, 15) is 0 Å². The van der Waals surface area contributed by atoms with Crippen molar-refractivity contribution in [3.8, 4) is 6.07 Å². The fraction of sp³-hybridized carbons (Fsp3) is 0.500. The van der Waals surface area contributed by atoms with Crippen molar-refractivity contribution in [2.24, 2.45) is 0 Å². The highest BCUT2D eigenvalue weighted by atomic mass is 15.2.